The summed E-state index contributed by atoms with van der Waals surface area (Å²) in [5, 5.41) is 2.83. The smallest absolute Gasteiger partial charge is 0.410 e. The van der Waals surface area contributed by atoms with Gasteiger partial charge < -0.3 is 20.7 Å². The number of nitrogen functional groups attached to an aromatic ring is 1. The van der Waals surface area contributed by atoms with Crippen molar-refractivity contribution in [3.05, 3.63) is 70.7 Å². The van der Waals surface area contributed by atoms with Crippen molar-refractivity contribution in [1.29, 1.82) is 0 Å². The third-order valence-electron chi connectivity index (χ3n) is 6.53. The Labute approximate surface area is 209 Å². The van der Waals surface area contributed by atoms with Gasteiger partial charge in [0.1, 0.15) is 11.4 Å². The molecule has 0 atom stereocenters. The van der Waals surface area contributed by atoms with E-state index in [0.29, 0.717) is 48.3 Å². The average Bonchev–Trinajstić information content (AvgIpc) is 2.82. The highest BCUT2D eigenvalue weighted by Gasteiger charge is 2.26. The number of pyridine rings is 1. The number of carbonyl (C=O) groups excluding carboxylic acids is 2. The van der Waals surface area contributed by atoms with Gasteiger partial charge >= 0.3 is 6.09 Å². The number of halogens is 1. The molecule has 0 fully saturated rings. The molecule has 0 saturated heterocycles. The number of hydrogen-bond acceptors (Lipinski definition) is 5. The van der Waals surface area contributed by atoms with Crippen LogP contribution in [0.4, 0.5) is 15.0 Å². The number of hydrogen-bond donors (Lipinski definition) is 2. The first-order chi connectivity index (χ1) is 17.1. The van der Waals surface area contributed by atoms with Crippen molar-refractivity contribution in [2.24, 2.45) is 0 Å². The zero-order valence-corrected chi connectivity index (χ0v) is 20.7. The Kier molecular flexibility index (Phi) is 5.90. The van der Waals surface area contributed by atoms with E-state index in [1.807, 2.05) is 51.1 Å². The molecule has 0 spiro atoms. The lowest BCUT2D eigenvalue weighted by Crippen LogP contribution is -2.39. The van der Waals surface area contributed by atoms with Crippen molar-refractivity contribution >= 4 is 17.8 Å². The molecular formula is C28H29FN4O3. The van der Waals surface area contributed by atoms with Gasteiger partial charge in [0, 0.05) is 36.3 Å². The fourth-order valence-corrected chi connectivity index (χ4v) is 4.74. The molecule has 36 heavy (non-hydrogen) atoms. The summed E-state index contributed by atoms with van der Waals surface area (Å²) in [7, 11) is 0. The van der Waals surface area contributed by atoms with Crippen LogP contribution >= 0.6 is 0 Å². The van der Waals surface area contributed by atoms with E-state index in [-0.39, 0.29) is 17.8 Å². The minimum Gasteiger partial charge on any atom is -0.444 e. The standard InChI is InChI=1S/C28H29FN4O3/c1-28(2,3)36-27(35)33-11-9-16-4-5-17(13-20(16)15-33)22-14-23(25(30)32-24(22)29)18-6-7-21-19(12-18)8-10-31-26(21)34/h4-7,12-14H,8-11,15H2,1-3H3,(H2,30,32)(H,31,34). The molecule has 0 radical (unpaired) electrons. The number of rotatable bonds is 2. The Bertz CT molecular complexity index is 1380. The molecule has 3 heterocycles. The maximum absolute atomic E-state index is 15.1. The lowest BCUT2D eigenvalue weighted by molar-refractivity contribution is 0.0224. The van der Waals surface area contributed by atoms with Crippen molar-refractivity contribution < 1.29 is 18.7 Å². The molecule has 8 heteroatoms. The summed E-state index contributed by atoms with van der Waals surface area (Å²) in [6.07, 6.45) is 1.06. The summed E-state index contributed by atoms with van der Waals surface area (Å²) in [6, 6.07) is 13.0. The minimum absolute atomic E-state index is 0.0884. The van der Waals surface area contributed by atoms with Crippen LogP contribution in [0.5, 0.6) is 0 Å². The molecular weight excluding hydrogens is 459 g/mol. The molecule has 0 saturated carbocycles. The summed E-state index contributed by atoms with van der Waals surface area (Å²) >= 11 is 0. The highest BCUT2D eigenvalue weighted by molar-refractivity contribution is 5.97. The van der Waals surface area contributed by atoms with Crippen LogP contribution in [0.25, 0.3) is 22.3 Å². The summed E-state index contributed by atoms with van der Waals surface area (Å²) < 4.78 is 20.6. The van der Waals surface area contributed by atoms with Gasteiger partial charge in [-0.2, -0.15) is 4.39 Å². The first kappa shape index (κ1) is 23.8. The lowest BCUT2D eigenvalue weighted by atomic mass is 9.92. The zero-order chi connectivity index (χ0) is 25.6. The fourth-order valence-electron chi connectivity index (χ4n) is 4.74. The minimum atomic E-state index is -0.659. The molecule has 0 unspecified atom stereocenters. The van der Waals surface area contributed by atoms with Crippen LogP contribution < -0.4 is 11.1 Å². The van der Waals surface area contributed by atoms with Gasteiger partial charge in [-0.25, -0.2) is 9.78 Å². The first-order valence-corrected chi connectivity index (χ1v) is 12.1. The SMILES string of the molecule is CC(C)(C)OC(=O)N1CCc2ccc(-c3cc(-c4ccc5c(c4)CCNC5=O)c(N)nc3F)cc2C1. The van der Waals surface area contributed by atoms with Gasteiger partial charge in [0.05, 0.1) is 0 Å². The highest BCUT2D eigenvalue weighted by Crippen LogP contribution is 2.34. The van der Waals surface area contributed by atoms with Gasteiger partial charge in [0.2, 0.25) is 5.95 Å². The van der Waals surface area contributed by atoms with Crippen LogP contribution in [0, 0.1) is 5.95 Å². The number of ether oxygens (including phenoxy) is 1. The number of fused-ring (bicyclic) bond motifs is 2. The van der Waals surface area contributed by atoms with Crippen LogP contribution in [-0.2, 0) is 24.1 Å². The van der Waals surface area contributed by atoms with Crippen LogP contribution in [0.1, 0.15) is 47.8 Å². The first-order valence-electron chi connectivity index (χ1n) is 12.1. The predicted octanol–water partition coefficient (Wildman–Crippen LogP) is 4.72. The van der Waals surface area contributed by atoms with Gasteiger partial charge in [-0.15, -0.1) is 0 Å². The molecule has 0 bridgehead atoms. The van der Waals surface area contributed by atoms with Gasteiger partial charge in [0.25, 0.3) is 5.91 Å². The number of nitrogens with two attached hydrogens (primary N) is 1. The van der Waals surface area contributed by atoms with Crippen molar-refractivity contribution in [2.45, 2.75) is 45.8 Å². The van der Waals surface area contributed by atoms with E-state index < -0.39 is 11.5 Å². The number of benzene rings is 2. The van der Waals surface area contributed by atoms with Gasteiger partial charge in [0.15, 0.2) is 0 Å². The molecule has 2 aliphatic heterocycles. The monoisotopic (exact) mass is 488 g/mol. The summed E-state index contributed by atoms with van der Waals surface area (Å²) in [4.78, 5) is 30.4. The summed E-state index contributed by atoms with van der Waals surface area (Å²) in [5.74, 6) is -0.665. The van der Waals surface area contributed by atoms with Crippen molar-refractivity contribution in [3.8, 4) is 22.3 Å². The third kappa shape index (κ3) is 4.63. The molecule has 186 valence electrons. The third-order valence-corrected chi connectivity index (χ3v) is 6.53. The Hall–Kier alpha value is -3.94. The number of nitrogens with zero attached hydrogens (tertiary/aromatic N) is 2. The Morgan fingerprint density at radius 2 is 1.72 bits per heavy atom. The number of aromatic nitrogens is 1. The van der Waals surface area contributed by atoms with Crippen molar-refractivity contribution in [2.75, 3.05) is 18.8 Å². The molecule has 2 aliphatic rings. The lowest BCUT2D eigenvalue weighted by Gasteiger charge is -2.31. The van der Waals surface area contributed by atoms with E-state index in [9.17, 15) is 9.59 Å². The molecule has 1 aromatic heterocycles. The maximum atomic E-state index is 15.1. The number of carbonyl (C=O) groups is 2. The summed E-state index contributed by atoms with van der Waals surface area (Å²) in [6.45, 7) is 7.06. The quantitative estimate of drug-likeness (QED) is 0.509. The van der Waals surface area contributed by atoms with Crippen molar-refractivity contribution in [1.82, 2.24) is 15.2 Å². The van der Waals surface area contributed by atoms with Crippen molar-refractivity contribution in [3.63, 3.8) is 0 Å². The van der Waals surface area contributed by atoms with E-state index >= 15 is 4.39 Å². The van der Waals surface area contributed by atoms with Crippen LogP contribution in [0.3, 0.4) is 0 Å². The van der Waals surface area contributed by atoms with Crippen LogP contribution in [-0.4, -0.2) is 40.6 Å². The molecule has 2 amide bonds. The topological polar surface area (TPSA) is 97.5 Å². The summed E-state index contributed by atoms with van der Waals surface area (Å²) in [5.41, 5.74) is 11.6. The second-order valence-electron chi connectivity index (χ2n) is 10.3. The van der Waals surface area contributed by atoms with Crippen LogP contribution in [0.2, 0.25) is 0 Å². The predicted molar refractivity (Wildman–Crippen MR) is 136 cm³/mol. The van der Waals surface area contributed by atoms with E-state index in [0.717, 1.165) is 28.7 Å². The molecule has 0 aliphatic carbocycles. The average molecular weight is 489 g/mol. The highest BCUT2D eigenvalue weighted by atomic mass is 19.1. The molecule has 3 aromatic rings. The second-order valence-corrected chi connectivity index (χ2v) is 10.3. The van der Waals surface area contributed by atoms with E-state index in [1.165, 1.54) is 0 Å². The normalized spacial score (nSPS) is 15.1. The Balaban J connectivity index is 1.48. The fraction of sp³-hybridized carbons (Fsp3) is 0.321. The number of anilines is 1. The largest absolute Gasteiger partial charge is 0.444 e. The maximum Gasteiger partial charge on any atom is 0.410 e. The van der Waals surface area contributed by atoms with E-state index in [1.54, 1.807) is 17.0 Å². The van der Waals surface area contributed by atoms with Crippen LogP contribution in [0.15, 0.2) is 42.5 Å². The van der Waals surface area contributed by atoms with E-state index in [4.69, 9.17) is 10.5 Å². The molecule has 5 rings (SSSR count). The number of amides is 2. The zero-order valence-electron chi connectivity index (χ0n) is 20.7. The Morgan fingerprint density at radius 1 is 1.00 bits per heavy atom. The van der Waals surface area contributed by atoms with Gasteiger partial charge in [-0.3, -0.25) is 4.79 Å². The van der Waals surface area contributed by atoms with E-state index in [2.05, 4.69) is 10.3 Å². The molecule has 7 nitrogen and oxygen atoms in total. The second kappa shape index (κ2) is 8.93. The van der Waals surface area contributed by atoms with Gasteiger partial charge in [-0.1, -0.05) is 24.3 Å². The Morgan fingerprint density at radius 3 is 2.50 bits per heavy atom. The molecule has 3 N–H and O–H groups in total. The number of nitrogens with one attached hydrogen (secondary N) is 1. The van der Waals surface area contributed by atoms with Gasteiger partial charge in [-0.05, 0) is 79.6 Å². The molecule has 2 aromatic carbocycles.